The zero-order valence-electron chi connectivity index (χ0n) is 5.58. The lowest BCUT2D eigenvalue weighted by Gasteiger charge is -2.22. The van der Waals surface area contributed by atoms with Gasteiger partial charge in [-0.25, -0.2) is 0 Å². The van der Waals surface area contributed by atoms with Gasteiger partial charge in [0.2, 0.25) is 0 Å². The highest BCUT2D eigenvalue weighted by Crippen LogP contribution is 2.09. The van der Waals surface area contributed by atoms with E-state index in [1.807, 2.05) is 13.0 Å². The Bertz CT molecular complexity index is 109. The average molecular weight is 128 g/mol. The van der Waals surface area contributed by atoms with Crippen LogP contribution in [0.3, 0.4) is 0 Å². The molecule has 0 spiro atoms. The Morgan fingerprint density at radius 1 is 1.78 bits per heavy atom. The van der Waals surface area contributed by atoms with Crippen molar-refractivity contribution in [3.05, 3.63) is 12.2 Å². The monoisotopic (exact) mass is 128 g/mol. The molecule has 0 radical (unpaired) electrons. The molecule has 1 rings (SSSR count). The Balaban J connectivity index is 2.44. The van der Waals surface area contributed by atoms with Gasteiger partial charge in [0, 0.05) is 0 Å². The van der Waals surface area contributed by atoms with Crippen molar-refractivity contribution >= 4 is 0 Å². The van der Waals surface area contributed by atoms with Crippen LogP contribution in [0.2, 0.25) is 0 Å². The van der Waals surface area contributed by atoms with Crippen LogP contribution in [0.25, 0.3) is 0 Å². The summed E-state index contributed by atoms with van der Waals surface area (Å²) in [7, 11) is 0. The van der Waals surface area contributed by atoms with Gasteiger partial charge in [-0.2, -0.15) is 0 Å². The lowest BCUT2D eigenvalue weighted by atomic mass is 10.1. The highest BCUT2D eigenvalue weighted by atomic mass is 16.5. The molecular weight excluding hydrogens is 116 g/mol. The standard InChI is InChI=1S/C7H12O2/c1-2-7-6(8)4-3-5-9-7/h3-4,6-8H,2,5H2,1H3. The Kier molecular flexibility index (Phi) is 2.25. The van der Waals surface area contributed by atoms with Crippen LogP contribution < -0.4 is 0 Å². The molecular formula is C7H12O2. The van der Waals surface area contributed by atoms with Gasteiger partial charge < -0.3 is 9.84 Å². The topological polar surface area (TPSA) is 29.5 Å². The van der Waals surface area contributed by atoms with Gasteiger partial charge in [-0.3, -0.25) is 0 Å². The Morgan fingerprint density at radius 2 is 2.56 bits per heavy atom. The number of rotatable bonds is 1. The predicted octanol–water partition coefficient (Wildman–Crippen LogP) is 0.712. The van der Waals surface area contributed by atoms with Crippen molar-refractivity contribution in [1.29, 1.82) is 0 Å². The number of ether oxygens (including phenoxy) is 1. The van der Waals surface area contributed by atoms with E-state index in [-0.39, 0.29) is 12.2 Å². The molecule has 2 heteroatoms. The summed E-state index contributed by atoms with van der Waals surface area (Å²) in [6.45, 7) is 2.66. The number of aliphatic hydroxyl groups is 1. The van der Waals surface area contributed by atoms with E-state index in [0.29, 0.717) is 6.61 Å². The molecule has 0 fully saturated rings. The first-order valence-electron chi connectivity index (χ1n) is 3.31. The van der Waals surface area contributed by atoms with Gasteiger partial charge in [0.15, 0.2) is 0 Å². The summed E-state index contributed by atoms with van der Waals surface area (Å²) >= 11 is 0. The van der Waals surface area contributed by atoms with Crippen molar-refractivity contribution in [2.75, 3.05) is 6.61 Å². The van der Waals surface area contributed by atoms with E-state index < -0.39 is 0 Å². The molecule has 1 aliphatic heterocycles. The first-order valence-corrected chi connectivity index (χ1v) is 3.31. The lowest BCUT2D eigenvalue weighted by Crippen LogP contribution is -2.29. The molecule has 1 heterocycles. The zero-order valence-corrected chi connectivity index (χ0v) is 5.58. The normalized spacial score (nSPS) is 34.9. The van der Waals surface area contributed by atoms with Gasteiger partial charge in [0.1, 0.15) is 0 Å². The minimum atomic E-state index is -0.385. The molecule has 1 aliphatic rings. The maximum Gasteiger partial charge on any atom is 0.0983 e. The molecule has 0 aliphatic carbocycles. The third-order valence-electron chi connectivity index (χ3n) is 1.52. The summed E-state index contributed by atoms with van der Waals surface area (Å²) < 4.78 is 5.20. The second-order valence-corrected chi connectivity index (χ2v) is 2.20. The van der Waals surface area contributed by atoms with Crippen LogP contribution >= 0.6 is 0 Å². The smallest absolute Gasteiger partial charge is 0.0983 e. The molecule has 1 N–H and O–H groups in total. The second kappa shape index (κ2) is 2.99. The minimum Gasteiger partial charge on any atom is -0.386 e. The number of aliphatic hydroxyl groups excluding tert-OH is 1. The molecule has 0 saturated carbocycles. The van der Waals surface area contributed by atoms with E-state index in [9.17, 15) is 0 Å². The largest absolute Gasteiger partial charge is 0.386 e. The van der Waals surface area contributed by atoms with Crippen molar-refractivity contribution in [1.82, 2.24) is 0 Å². The van der Waals surface area contributed by atoms with E-state index in [0.717, 1.165) is 6.42 Å². The van der Waals surface area contributed by atoms with E-state index in [2.05, 4.69) is 0 Å². The van der Waals surface area contributed by atoms with E-state index in [4.69, 9.17) is 9.84 Å². The van der Waals surface area contributed by atoms with Crippen LogP contribution in [0.5, 0.6) is 0 Å². The quantitative estimate of drug-likeness (QED) is 0.527. The van der Waals surface area contributed by atoms with Gasteiger partial charge in [-0.15, -0.1) is 0 Å². The highest BCUT2D eigenvalue weighted by molar-refractivity contribution is 4.96. The molecule has 0 aromatic heterocycles. The van der Waals surface area contributed by atoms with Crippen molar-refractivity contribution < 1.29 is 9.84 Å². The maximum absolute atomic E-state index is 9.16. The summed E-state index contributed by atoms with van der Waals surface area (Å²) in [6, 6.07) is 0. The van der Waals surface area contributed by atoms with Gasteiger partial charge >= 0.3 is 0 Å². The average Bonchev–Trinajstić information content (AvgIpc) is 1.89. The number of hydrogen-bond acceptors (Lipinski definition) is 2. The second-order valence-electron chi connectivity index (χ2n) is 2.20. The van der Waals surface area contributed by atoms with Crippen molar-refractivity contribution in [3.63, 3.8) is 0 Å². The Hall–Kier alpha value is -0.340. The molecule has 52 valence electrons. The van der Waals surface area contributed by atoms with Crippen molar-refractivity contribution in [2.24, 2.45) is 0 Å². The summed E-state index contributed by atoms with van der Waals surface area (Å²) in [5, 5.41) is 9.16. The zero-order chi connectivity index (χ0) is 6.69. The highest BCUT2D eigenvalue weighted by Gasteiger charge is 2.16. The summed E-state index contributed by atoms with van der Waals surface area (Å²) in [6.07, 6.45) is 4.15. The minimum absolute atomic E-state index is 0.0231. The van der Waals surface area contributed by atoms with Gasteiger partial charge in [0.05, 0.1) is 18.8 Å². The van der Waals surface area contributed by atoms with Gasteiger partial charge in [-0.1, -0.05) is 19.1 Å². The SMILES string of the molecule is CCC1OCC=CC1O. The fraction of sp³-hybridized carbons (Fsp3) is 0.714. The van der Waals surface area contributed by atoms with Crippen LogP contribution in [0.4, 0.5) is 0 Å². The summed E-state index contributed by atoms with van der Waals surface area (Å²) in [5.74, 6) is 0. The number of hydrogen-bond donors (Lipinski definition) is 1. The lowest BCUT2D eigenvalue weighted by molar-refractivity contribution is -0.0169. The van der Waals surface area contributed by atoms with Gasteiger partial charge in [0.25, 0.3) is 0 Å². The summed E-state index contributed by atoms with van der Waals surface area (Å²) in [4.78, 5) is 0. The molecule has 9 heavy (non-hydrogen) atoms. The van der Waals surface area contributed by atoms with Gasteiger partial charge in [-0.05, 0) is 6.42 Å². The Morgan fingerprint density at radius 3 is 3.00 bits per heavy atom. The first kappa shape index (κ1) is 6.78. The third kappa shape index (κ3) is 1.53. The van der Waals surface area contributed by atoms with Crippen LogP contribution in [0.1, 0.15) is 13.3 Å². The maximum atomic E-state index is 9.16. The molecule has 2 atom stereocenters. The van der Waals surface area contributed by atoms with Crippen molar-refractivity contribution in [3.8, 4) is 0 Å². The van der Waals surface area contributed by atoms with Crippen LogP contribution in [0.15, 0.2) is 12.2 Å². The van der Waals surface area contributed by atoms with E-state index >= 15 is 0 Å². The fourth-order valence-corrected chi connectivity index (χ4v) is 0.956. The van der Waals surface area contributed by atoms with E-state index in [1.165, 1.54) is 0 Å². The molecule has 0 saturated heterocycles. The first-order chi connectivity index (χ1) is 4.34. The summed E-state index contributed by atoms with van der Waals surface area (Å²) in [5.41, 5.74) is 0. The molecule has 2 nitrogen and oxygen atoms in total. The van der Waals surface area contributed by atoms with Crippen LogP contribution in [-0.4, -0.2) is 23.9 Å². The third-order valence-corrected chi connectivity index (χ3v) is 1.52. The predicted molar refractivity (Wildman–Crippen MR) is 35.2 cm³/mol. The molecule has 2 unspecified atom stereocenters. The molecule has 0 amide bonds. The Labute approximate surface area is 55.1 Å². The van der Waals surface area contributed by atoms with Crippen molar-refractivity contribution in [2.45, 2.75) is 25.6 Å². The molecule has 0 aromatic carbocycles. The van der Waals surface area contributed by atoms with Crippen LogP contribution in [0, 0.1) is 0 Å². The molecule has 0 bridgehead atoms. The molecule has 0 aromatic rings. The van der Waals surface area contributed by atoms with E-state index in [1.54, 1.807) is 6.08 Å². The van der Waals surface area contributed by atoms with Crippen LogP contribution in [-0.2, 0) is 4.74 Å². The fourth-order valence-electron chi connectivity index (χ4n) is 0.956.